The van der Waals surface area contributed by atoms with E-state index in [1.807, 2.05) is 6.07 Å². The van der Waals surface area contributed by atoms with Gasteiger partial charge in [-0.1, -0.05) is 24.4 Å². The number of rotatable bonds is 4. The molecule has 0 amide bonds. The van der Waals surface area contributed by atoms with E-state index in [0.717, 1.165) is 5.39 Å². The molecule has 2 aromatic rings. The van der Waals surface area contributed by atoms with Crippen molar-refractivity contribution in [3.8, 4) is 0 Å². The molecular weight excluding hydrogens is 262 g/mol. The Hall–Kier alpha value is -1.32. The van der Waals surface area contributed by atoms with Crippen LogP contribution in [-0.2, 0) is 0 Å². The molecule has 3 nitrogen and oxygen atoms in total. The van der Waals surface area contributed by atoms with E-state index in [-0.39, 0.29) is 5.78 Å². The fourth-order valence-electron chi connectivity index (χ4n) is 2.61. The summed E-state index contributed by atoms with van der Waals surface area (Å²) in [6, 6.07) is 7.61. The maximum absolute atomic E-state index is 12.1. The summed E-state index contributed by atoms with van der Waals surface area (Å²) < 4.78 is 5.55. The van der Waals surface area contributed by atoms with Crippen molar-refractivity contribution in [1.82, 2.24) is 5.32 Å². The quantitative estimate of drug-likeness (QED) is 0.865. The van der Waals surface area contributed by atoms with Gasteiger partial charge in [-0.3, -0.25) is 4.79 Å². The molecule has 0 spiro atoms. The third-order valence-electron chi connectivity index (χ3n) is 3.66. The maximum atomic E-state index is 12.1. The predicted molar refractivity (Wildman–Crippen MR) is 75.8 cm³/mol. The SMILES string of the molecule is O=C(CNC1CCCC1)c1cc2cc(Cl)ccc2o1. The number of Topliss-reactive ketones (excluding diaryl/α,β-unsaturated/α-hetero) is 1. The Labute approximate surface area is 116 Å². The topological polar surface area (TPSA) is 42.2 Å². The van der Waals surface area contributed by atoms with E-state index in [9.17, 15) is 4.79 Å². The predicted octanol–water partition coefficient (Wildman–Crippen LogP) is 3.80. The van der Waals surface area contributed by atoms with Crippen molar-refractivity contribution in [2.75, 3.05) is 6.54 Å². The molecule has 100 valence electrons. The Morgan fingerprint density at radius 1 is 1.32 bits per heavy atom. The molecule has 0 aliphatic heterocycles. The second kappa shape index (κ2) is 5.35. The van der Waals surface area contributed by atoms with Gasteiger partial charge in [0.2, 0.25) is 5.78 Å². The van der Waals surface area contributed by atoms with Crippen LogP contribution in [0.5, 0.6) is 0 Å². The van der Waals surface area contributed by atoms with Crippen molar-refractivity contribution in [3.63, 3.8) is 0 Å². The lowest BCUT2D eigenvalue weighted by Gasteiger charge is -2.09. The molecule has 0 unspecified atom stereocenters. The molecule has 1 heterocycles. The van der Waals surface area contributed by atoms with Crippen molar-refractivity contribution < 1.29 is 9.21 Å². The number of nitrogens with one attached hydrogen (secondary N) is 1. The van der Waals surface area contributed by atoms with Crippen molar-refractivity contribution in [1.29, 1.82) is 0 Å². The van der Waals surface area contributed by atoms with Crippen LogP contribution < -0.4 is 5.32 Å². The molecule has 0 atom stereocenters. The number of furan rings is 1. The lowest BCUT2D eigenvalue weighted by Crippen LogP contribution is -2.31. The zero-order valence-corrected chi connectivity index (χ0v) is 11.4. The highest BCUT2D eigenvalue weighted by atomic mass is 35.5. The first-order valence-corrected chi connectivity index (χ1v) is 7.06. The monoisotopic (exact) mass is 277 g/mol. The van der Waals surface area contributed by atoms with Crippen LogP contribution in [0.4, 0.5) is 0 Å². The highest BCUT2D eigenvalue weighted by Gasteiger charge is 2.17. The second-order valence-electron chi connectivity index (χ2n) is 5.08. The molecule has 1 saturated carbocycles. The Kier molecular flexibility index (Phi) is 3.58. The summed E-state index contributed by atoms with van der Waals surface area (Å²) in [4.78, 5) is 12.1. The smallest absolute Gasteiger partial charge is 0.211 e. The van der Waals surface area contributed by atoms with E-state index >= 15 is 0 Å². The number of ketones is 1. The van der Waals surface area contributed by atoms with Crippen molar-refractivity contribution in [3.05, 3.63) is 35.0 Å². The lowest BCUT2D eigenvalue weighted by atomic mass is 10.2. The van der Waals surface area contributed by atoms with E-state index in [4.69, 9.17) is 16.0 Å². The van der Waals surface area contributed by atoms with Gasteiger partial charge in [0.1, 0.15) is 5.58 Å². The van der Waals surface area contributed by atoms with E-state index < -0.39 is 0 Å². The Balaban J connectivity index is 1.70. The van der Waals surface area contributed by atoms with Gasteiger partial charge in [-0.15, -0.1) is 0 Å². The summed E-state index contributed by atoms with van der Waals surface area (Å²) in [5.74, 6) is 0.405. The van der Waals surface area contributed by atoms with Gasteiger partial charge in [0.15, 0.2) is 5.76 Å². The minimum atomic E-state index is -0.000720. The molecular formula is C15H16ClNO2. The van der Waals surface area contributed by atoms with Gasteiger partial charge >= 0.3 is 0 Å². The number of hydrogen-bond donors (Lipinski definition) is 1. The third kappa shape index (κ3) is 2.82. The summed E-state index contributed by atoms with van der Waals surface area (Å²) in [6.45, 7) is 0.345. The van der Waals surface area contributed by atoms with Gasteiger partial charge in [0.25, 0.3) is 0 Å². The summed E-state index contributed by atoms with van der Waals surface area (Å²) in [6.07, 6.45) is 4.86. The van der Waals surface area contributed by atoms with E-state index in [1.54, 1.807) is 18.2 Å². The normalized spacial score (nSPS) is 16.3. The standard InChI is InChI=1S/C15H16ClNO2/c16-11-5-6-14-10(7-11)8-15(19-14)13(18)9-17-12-3-1-2-4-12/h5-8,12,17H,1-4,9H2. The van der Waals surface area contributed by atoms with Gasteiger partial charge in [0, 0.05) is 16.5 Å². The molecule has 4 heteroatoms. The van der Waals surface area contributed by atoms with E-state index in [1.165, 1.54) is 25.7 Å². The van der Waals surface area contributed by atoms with Crippen molar-refractivity contribution >= 4 is 28.4 Å². The molecule has 19 heavy (non-hydrogen) atoms. The summed E-state index contributed by atoms with van der Waals surface area (Å²) in [5.41, 5.74) is 0.702. The molecule has 1 aromatic heterocycles. The molecule has 0 radical (unpaired) electrons. The fourth-order valence-corrected chi connectivity index (χ4v) is 2.79. The highest BCUT2D eigenvalue weighted by Crippen LogP contribution is 2.23. The van der Waals surface area contributed by atoms with Gasteiger partial charge < -0.3 is 9.73 Å². The molecule has 1 aliphatic rings. The van der Waals surface area contributed by atoms with Gasteiger partial charge in [-0.05, 0) is 37.1 Å². The Morgan fingerprint density at radius 2 is 2.11 bits per heavy atom. The molecule has 1 aromatic carbocycles. The number of carbonyl (C=O) groups is 1. The molecule has 1 aliphatic carbocycles. The van der Waals surface area contributed by atoms with Crippen LogP contribution in [-0.4, -0.2) is 18.4 Å². The van der Waals surface area contributed by atoms with Gasteiger partial charge in [-0.2, -0.15) is 0 Å². The van der Waals surface area contributed by atoms with E-state index in [0.29, 0.717) is 29.0 Å². The third-order valence-corrected chi connectivity index (χ3v) is 3.89. The van der Waals surface area contributed by atoms with Crippen LogP contribution in [0.15, 0.2) is 28.7 Å². The van der Waals surface area contributed by atoms with Crippen molar-refractivity contribution in [2.45, 2.75) is 31.7 Å². The van der Waals surface area contributed by atoms with Crippen LogP contribution >= 0.6 is 11.6 Å². The minimum Gasteiger partial charge on any atom is -0.453 e. The zero-order valence-electron chi connectivity index (χ0n) is 10.6. The van der Waals surface area contributed by atoms with Crippen LogP contribution in [0.3, 0.4) is 0 Å². The molecule has 1 fully saturated rings. The summed E-state index contributed by atoms with van der Waals surface area (Å²) in [5, 5.41) is 4.82. The Bertz CT molecular complexity index is 599. The van der Waals surface area contributed by atoms with Crippen LogP contribution in [0.25, 0.3) is 11.0 Å². The molecule has 3 rings (SSSR count). The second-order valence-corrected chi connectivity index (χ2v) is 5.51. The lowest BCUT2D eigenvalue weighted by molar-refractivity contribution is 0.0963. The average Bonchev–Trinajstić information content (AvgIpc) is 3.04. The van der Waals surface area contributed by atoms with Crippen LogP contribution in [0.1, 0.15) is 36.2 Å². The number of carbonyl (C=O) groups excluding carboxylic acids is 1. The number of fused-ring (bicyclic) bond motifs is 1. The van der Waals surface area contributed by atoms with Gasteiger partial charge in [-0.25, -0.2) is 0 Å². The first kappa shape index (κ1) is 12.7. The number of halogens is 1. The first-order chi connectivity index (χ1) is 9.22. The van der Waals surface area contributed by atoms with E-state index in [2.05, 4.69) is 5.32 Å². The number of hydrogen-bond acceptors (Lipinski definition) is 3. The Morgan fingerprint density at radius 3 is 2.89 bits per heavy atom. The minimum absolute atomic E-state index is 0.000720. The first-order valence-electron chi connectivity index (χ1n) is 6.68. The average molecular weight is 278 g/mol. The van der Waals surface area contributed by atoms with Crippen molar-refractivity contribution in [2.24, 2.45) is 0 Å². The maximum Gasteiger partial charge on any atom is 0.211 e. The fraction of sp³-hybridized carbons (Fsp3) is 0.400. The van der Waals surface area contributed by atoms with Crippen LogP contribution in [0.2, 0.25) is 5.02 Å². The molecule has 0 saturated heterocycles. The van der Waals surface area contributed by atoms with Crippen LogP contribution in [0, 0.1) is 0 Å². The van der Waals surface area contributed by atoms with Gasteiger partial charge in [0.05, 0.1) is 6.54 Å². The summed E-state index contributed by atoms with van der Waals surface area (Å²) >= 11 is 5.92. The molecule has 1 N–H and O–H groups in total. The zero-order chi connectivity index (χ0) is 13.2. The highest BCUT2D eigenvalue weighted by molar-refractivity contribution is 6.31. The largest absolute Gasteiger partial charge is 0.453 e. The number of benzene rings is 1. The summed E-state index contributed by atoms with van der Waals surface area (Å²) in [7, 11) is 0. The molecule has 0 bridgehead atoms.